The molecule has 0 amide bonds. The predicted octanol–water partition coefficient (Wildman–Crippen LogP) is 1.97. The summed E-state index contributed by atoms with van der Waals surface area (Å²) in [6, 6.07) is 0. The molecule has 4 heteroatoms. The third-order valence-corrected chi connectivity index (χ3v) is 8.40. The van der Waals surface area contributed by atoms with Crippen LogP contribution in [0.25, 0.3) is 0 Å². The van der Waals surface area contributed by atoms with E-state index in [4.69, 9.17) is 9.47 Å². The molecule has 0 radical (unpaired) electrons. The number of quaternary nitrogens is 1. The summed E-state index contributed by atoms with van der Waals surface area (Å²) in [5.41, 5.74) is 0.490. The first kappa shape index (κ1) is 16.6. The molecule has 5 fully saturated rings. The molecule has 4 nitrogen and oxygen atoms in total. The Morgan fingerprint density at radius 1 is 1.12 bits per heavy atom. The van der Waals surface area contributed by atoms with Crippen LogP contribution in [0.15, 0.2) is 0 Å². The number of esters is 1. The van der Waals surface area contributed by atoms with Crippen molar-refractivity contribution in [1.29, 1.82) is 0 Å². The van der Waals surface area contributed by atoms with Gasteiger partial charge in [-0.05, 0) is 69.1 Å². The lowest BCUT2D eigenvalue weighted by Gasteiger charge is -2.51. The van der Waals surface area contributed by atoms with Crippen molar-refractivity contribution in [3.8, 4) is 0 Å². The van der Waals surface area contributed by atoms with E-state index in [9.17, 15) is 4.79 Å². The van der Waals surface area contributed by atoms with E-state index in [0.717, 1.165) is 26.0 Å². The van der Waals surface area contributed by atoms with Gasteiger partial charge in [-0.2, -0.15) is 0 Å². The fourth-order valence-corrected chi connectivity index (χ4v) is 6.93. The van der Waals surface area contributed by atoms with Gasteiger partial charge in [0.05, 0.1) is 31.8 Å². The zero-order chi connectivity index (χ0) is 17.1. The highest BCUT2D eigenvalue weighted by molar-refractivity contribution is 5.75. The minimum atomic E-state index is 0.111. The van der Waals surface area contributed by atoms with E-state index in [-0.39, 0.29) is 23.6 Å². The number of epoxide rings is 1. The minimum Gasteiger partial charge on any atom is -0.462 e. The lowest BCUT2D eigenvalue weighted by atomic mass is 9.53. The number of ether oxygens (including phenoxy) is 2. The van der Waals surface area contributed by atoms with E-state index < -0.39 is 0 Å². The number of nitrogens with one attached hydrogen (secondary N) is 1. The lowest BCUT2D eigenvalue weighted by molar-refractivity contribution is -0.902. The topological polar surface area (TPSA) is 43.3 Å². The van der Waals surface area contributed by atoms with Crippen LogP contribution in [0.2, 0.25) is 0 Å². The van der Waals surface area contributed by atoms with E-state index in [1.165, 1.54) is 58.0 Å². The number of rotatable bonds is 2. The first-order valence-corrected chi connectivity index (χ1v) is 10.8. The van der Waals surface area contributed by atoms with Crippen LogP contribution in [0, 0.1) is 23.2 Å². The van der Waals surface area contributed by atoms with Crippen LogP contribution in [0.4, 0.5) is 0 Å². The zero-order valence-corrected chi connectivity index (χ0v) is 15.7. The number of carbonyl (C=O) groups excluding carboxylic acids is 1. The summed E-state index contributed by atoms with van der Waals surface area (Å²) < 4.78 is 12.0. The Hall–Kier alpha value is -0.610. The summed E-state index contributed by atoms with van der Waals surface area (Å²) in [4.78, 5) is 14.4. The van der Waals surface area contributed by atoms with Crippen LogP contribution in [-0.2, 0) is 14.3 Å². The maximum Gasteiger partial charge on any atom is 0.315 e. The highest BCUT2D eigenvalue weighted by Gasteiger charge is 2.65. The smallest absolute Gasteiger partial charge is 0.315 e. The van der Waals surface area contributed by atoms with Gasteiger partial charge in [0.2, 0.25) is 0 Å². The SMILES string of the molecule is C[C@]12CCC[C@]3(CO3)[C@H]1C[C@@H]1[C@H](C[NH+]3CCCCCC3)C(=O)O[C@@H]1C2. The fourth-order valence-electron chi connectivity index (χ4n) is 6.93. The zero-order valence-electron chi connectivity index (χ0n) is 15.7. The largest absolute Gasteiger partial charge is 0.462 e. The first-order chi connectivity index (χ1) is 12.1. The average Bonchev–Trinajstić information content (AvgIpc) is 3.32. The molecule has 5 aliphatic rings. The Labute approximate surface area is 151 Å². The van der Waals surface area contributed by atoms with Crippen LogP contribution in [0.3, 0.4) is 0 Å². The number of likely N-dealkylation sites (tertiary alicyclic amines) is 1. The predicted molar refractivity (Wildman–Crippen MR) is 94.3 cm³/mol. The summed E-state index contributed by atoms with van der Waals surface area (Å²) >= 11 is 0. The maximum absolute atomic E-state index is 12.7. The second-order valence-electron chi connectivity index (χ2n) is 9.97. The molecule has 1 N–H and O–H groups in total. The number of fused-ring (bicyclic) bond motifs is 3. The van der Waals surface area contributed by atoms with Crippen molar-refractivity contribution in [3.05, 3.63) is 0 Å². The molecule has 0 aromatic heterocycles. The van der Waals surface area contributed by atoms with Crippen molar-refractivity contribution in [2.45, 2.75) is 76.4 Å². The summed E-state index contributed by atoms with van der Waals surface area (Å²) in [6.07, 6.45) is 11.6. The molecule has 0 bridgehead atoms. The molecule has 3 aliphatic heterocycles. The summed E-state index contributed by atoms with van der Waals surface area (Å²) in [6.45, 7) is 6.90. The summed E-state index contributed by atoms with van der Waals surface area (Å²) in [7, 11) is 0. The van der Waals surface area contributed by atoms with E-state index >= 15 is 0 Å². The number of hydrogen-bond donors (Lipinski definition) is 1. The van der Waals surface area contributed by atoms with E-state index in [2.05, 4.69) is 6.92 Å². The van der Waals surface area contributed by atoms with Gasteiger partial charge in [0.25, 0.3) is 0 Å². The van der Waals surface area contributed by atoms with Gasteiger partial charge in [0, 0.05) is 5.92 Å². The Morgan fingerprint density at radius 2 is 1.88 bits per heavy atom. The van der Waals surface area contributed by atoms with Crippen LogP contribution >= 0.6 is 0 Å². The molecule has 5 rings (SSSR count). The van der Waals surface area contributed by atoms with Gasteiger partial charge in [-0.1, -0.05) is 6.92 Å². The van der Waals surface area contributed by atoms with Crippen molar-refractivity contribution in [2.75, 3.05) is 26.2 Å². The van der Waals surface area contributed by atoms with Gasteiger partial charge < -0.3 is 14.4 Å². The third-order valence-electron chi connectivity index (χ3n) is 8.40. The minimum absolute atomic E-state index is 0.111. The van der Waals surface area contributed by atoms with E-state index in [0.29, 0.717) is 17.3 Å². The second kappa shape index (κ2) is 5.95. The van der Waals surface area contributed by atoms with Gasteiger partial charge in [-0.25, -0.2) is 0 Å². The molecule has 2 saturated carbocycles. The molecule has 2 aliphatic carbocycles. The monoisotopic (exact) mass is 348 g/mol. The molecule has 0 aromatic carbocycles. The highest BCUT2D eigenvalue weighted by Crippen LogP contribution is 2.62. The van der Waals surface area contributed by atoms with Crippen LogP contribution in [0.5, 0.6) is 0 Å². The lowest BCUT2D eigenvalue weighted by Crippen LogP contribution is -3.12. The molecule has 0 aromatic rings. The quantitative estimate of drug-likeness (QED) is 0.613. The summed E-state index contributed by atoms with van der Waals surface area (Å²) in [5.74, 6) is 1.34. The maximum atomic E-state index is 12.7. The van der Waals surface area contributed by atoms with Crippen LogP contribution < -0.4 is 4.90 Å². The Morgan fingerprint density at radius 3 is 2.60 bits per heavy atom. The third kappa shape index (κ3) is 2.75. The number of hydrogen-bond acceptors (Lipinski definition) is 3. The molecule has 1 spiro atoms. The van der Waals surface area contributed by atoms with Gasteiger partial charge in [0.1, 0.15) is 12.0 Å². The summed E-state index contributed by atoms with van der Waals surface area (Å²) in [5, 5.41) is 0. The molecule has 6 atom stereocenters. The second-order valence-corrected chi connectivity index (χ2v) is 9.97. The van der Waals surface area contributed by atoms with Crippen molar-refractivity contribution >= 4 is 5.97 Å². The Kier molecular flexibility index (Phi) is 3.94. The Bertz CT molecular complexity index is 537. The molecule has 3 heterocycles. The van der Waals surface area contributed by atoms with Crippen molar-refractivity contribution in [2.24, 2.45) is 23.2 Å². The molecule has 0 unspecified atom stereocenters. The highest BCUT2D eigenvalue weighted by atomic mass is 16.6. The standard InChI is InChI=1S/C21H33NO3/c1-20-7-6-8-21(14-24-21)18(20)11-15-16(19(23)25-17(15)12-20)13-22-9-4-2-3-5-10-22/h15-18H,2-14H2,1H3/p+1/t15-,16+,17-,18+,20-,21+/m1/s1. The van der Waals surface area contributed by atoms with Crippen LogP contribution in [0.1, 0.15) is 64.7 Å². The molecular formula is C21H34NO3+. The normalized spacial score (nSPS) is 50.0. The first-order valence-electron chi connectivity index (χ1n) is 10.8. The van der Waals surface area contributed by atoms with Crippen molar-refractivity contribution < 1.29 is 19.2 Å². The molecule has 140 valence electrons. The molecule has 3 saturated heterocycles. The van der Waals surface area contributed by atoms with Crippen molar-refractivity contribution in [3.63, 3.8) is 0 Å². The average molecular weight is 349 g/mol. The number of carbonyl (C=O) groups is 1. The molecular weight excluding hydrogens is 314 g/mol. The van der Waals surface area contributed by atoms with E-state index in [1.807, 2.05) is 0 Å². The van der Waals surface area contributed by atoms with Gasteiger partial charge in [-0.15, -0.1) is 0 Å². The van der Waals surface area contributed by atoms with Crippen molar-refractivity contribution in [1.82, 2.24) is 0 Å². The molecule has 25 heavy (non-hydrogen) atoms. The van der Waals surface area contributed by atoms with Gasteiger partial charge in [-0.3, -0.25) is 4.79 Å². The fraction of sp³-hybridized carbons (Fsp3) is 0.952. The Balaban J connectivity index is 1.34. The van der Waals surface area contributed by atoms with Gasteiger partial charge >= 0.3 is 5.97 Å². The van der Waals surface area contributed by atoms with Crippen LogP contribution in [-0.4, -0.2) is 43.9 Å². The van der Waals surface area contributed by atoms with E-state index in [1.54, 1.807) is 4.90 Å². The van der Waals surface area contributed by atoms with Gasteiger partial charge in [0.15, 0.2) is 0 Å².